The SMILES string of the molecule is CC(C)CCOCCN1CC(C(=O)O)CC1=O. The summed E-state index contributed by atoms with van der Waals surface area (Å²) >= 11 is 0. The number of nitrogens with zero attached hydrogens (tertiary/aromatic N) is 1. The van der Waals surface area contributed by atoms with Crippen molar-refractivity contribution in [2.45, 2.75) is 26.7 Å². The van der Waals surface area contributed by atoms with Crippen LogP contribution < -0.4 is 0 Å². The van der Waals surface area contributed by atoms with E-state index in [0.29, 0.717) is 32.2 Å². The van der Waals surface area contributed by atoms with Gasteiger partial charge in [0.2, 0.25) is 5.91 Å². The van der Waals surface area contributed by atoms with Crippen LogP contribution in [0.2, 0.25) is 0 Å². The monoisotopic (exact) mass is 243 g/mol. The average molecular weight is 243 g/mol. The molecular weight excluding hydrogens is 222 g/mol. The normalized spacial score (nSPS) is 20.3. The van der Waals surface area contributed by atoms with E-state index in [2.05, 4.69) is 13.8 Å². The predicted octanol–water partition coefficient (Wildman–Crippen LogP) is 0.982. The van der Waals surface area contributed by atoms with Gasteiger partial charge < -0.3 is 14.7 Å². The van der Waals surface area contributed by atoms with Gasteiger partial charge in [-0.3, -0.25) is 9.59 Å². The molecule has 1 aliphatic heterocycles. The Bertz CT molecular complexity index is 278. The van der Waals surface area contributed by atoms with Crippen LogP contribution in [-0.2, 0) is 14.3 Å². The third kappa shape index (κ3) is 4.73. The highest BCUT2D eigenvalue weighted by atomic mass is 16.5. The van der Waals surface area contributed by atoms with Crippen molar-refractivity contribution in [2.24, 2.45) is 11.8 Å². The summed E-state index contributed by atoms with van der Waals surface area (Å²) in [5.74, 6) is -0.899. The first kappa shape index (κ1) is 14.0. The van der Waals surface area contributed by atoms with Crippen molar-refractivity contribution in [3.8, 4) is 0 Å². The maximum atomic E-state index is 11.5. The number of carboxylic acids is 1. The quantitative estimate of drug-likeness (QED) is 0.677. The summed E-state index contributed by atoms with van der Waals surface area (Å²) in [7, 11) is 0. The Balaban J connectivity index is 2.15. The number of carbonyl (C=O) groups is 2. The summed E-state index contributed by atoms with van der Waals surface area (Å²) in [6.07, 6.45) is 1.13. The second kappa shape index (κ2) is 6.59. The molecule has 1 aliphatic rings. The molecule has 1 rings (SSSR count). The van der Waals surface area contributed by atoms with Crippen molar-refractivity contribution in [2.75, 3.05) is 26.3 Å². The van der Waals surface area contributed by atoms with E-state index >= 15 is 0 Å². The van der Waals surface area contributed by atoms with Crippen LogP contribution in [0.5, 0.6) is 0 Å². The second-order valence-corrected chi connectivity index (χ2v) is 4.87. The maximum Gasteiger partial charge on any atom is 0.308 e. The maximum absolute atomic E-state index is 11.5. The largest absolute Gasteiger partial charge is 0.481 e. The van der Waals surface area contributed by atoms with Crippen LogP contribution >= 0.6 is 0 Å². The molecule has 5 heteroatoms. The minimum Gasteiger partial charge on any atom is -0.481 e. The summed E-state index contributed by atoms with van der Waals surface area (Å²) in [6.45, 7) is 6.27. The molecule has 0 radical (unpaired) electrons. The van der Waals surface area contributed by atoms with Crippen molar-refractivity contribution < 1.29 is 19.4 Å². The lowest BCUT2D eigenvalue weighted by Gasteiger charge is -2.16. The lowest BCUT2D eigenvalue weighted by Crippen LogP contribution is -2.30. The van der Waals surface area contributed by atoms with Crippen molar-refractivity contribution in [3.05, 3.63) is 0 Å². The van der Waals surface area contributed by atoms with E-state index in [0.717, 1.165) is 6.42 Å². The van der Waals surface area contributed by atoms with Crippen LogP contribution in [0, 0.1) is 11.8 Å². The summed E-state index contributed by atoms with van der Waals surface area (Å²) in [5, 5.41) is 8.81. The zero-order chi connectivity index (χ0) is 12.8. The Kier molecular flexibility index (Phi) is 5.41. The van der Waals surface area contributed by atoms with Crippen LogP contribution in [-0.4, -0.2) is 48.2 Å². The number of amides is 1. The van der Waals surface area contributed by atoms with Gasteiger partial charge in [0.25, 0.3) is 0 Å². The summed E-state index contributed by atoms with van der Waals surface area (Å²) in [5.41, 5.74) is 0. The van der Waals surface area contributed by atoms with E-state index in [-0.39, 0.29) is 12.3 Å². The van der Waals surface area contributed by atoms with Crippen molar-refractivity contribution in [1.29, 1.82) is 0 Å². The highest BCUT2D eigenvalue weighted by Gasteiger charge is 2.33. The Hall–Kier alpha value is -1.10. The number of rotatable bonds is 7. The smallest absolute Gasteiger partial charge is 0.308 e. The molecule has 1 atom stereocenters. The number of hydrogen-bond acceptors (Lipinski definition) is 3. The molecule has 1 fully saturated rings. The topological polar surface area (TPSA) is 66.8 Å². The molecule has 1 unspecified atom stereocenters. The third-order valence-corrected chi connectivity index (χ3v) is 2.91. The van der Waals surface area contributed by atoms with Crippen LogP contribution in [0.15, 0.2) is 0 Å². The van der Waals surface area contributed by atoms with E-state index < -0.39 is 11.9 Å². The van der Waals surface area contributed by atoms with Crippen molar-refractivity contribution in [3.63, 3.8) is 0 Å². The van der Waals surface area contributed by atoms with Gasteiger partial charge >= 0.3 is 5.97 Å². The van der Waals surface area contributed by atoms with Crippen LogP contribution in [0.3, 0.4) is 0 Å². The molecule has 0 aliphatic carbocycles. The van der Waals surface area contributed by atoms with E-state index in [1.165, 1.54) is 0 Å². The molecule has 0 aromatic rings. The number of aliphatic carboxylic acids is 1. The highest BCUT2D eigenvalue weighted by molar-refractivity contribution is 5.86. The zero-order valence-electron chi connectivity index (χ0n) is 10.5. The third-order valence-electron chi connectivity index (χ3n) is 2.91. The molecule has 1 saturated heterocycles. The van der Waals surface area contributed by atoms with E-state index in [4.69, 9.17) is 9.84 Å². The molecule has 1 heterocycles. The number of hydrogen-bond donors (Lipinski definition) is 1. The van der Waals surface area contributed by atoms with Gasteiger partial charge in [-0.15, -0.1) is 0 Å². The van der Waals surface area contributed by atoms with E-state index in [1.807, 2.05) is 0 Å². The van der Waals surface area contributed by atoms with Crippen LogP contribution in [0.4, 0.5) is 0 Å². The average Bonchev–Trinajstić information content (AvgIpc) is 2.59. The van der Waals surface area contributed by atoms with E-state index in [9.17, 15) is 9.59 Å². The molecule has 17 heavy (non-hydrogen) atoms. The fraction of sp³-hybridized carbons (Fsp3) is 0.833. The molecule has 0 bridgehead atoms. The number of carbonyl (C=O) groups excluding carboxylic acids is 1. The minimum absolute atomic E-state index is 0.0788. The molecule has 1 N–H and O–H groups in total. The van der Waals surface area contributed by atoms with Crippen molar-refractivity contribution in [1.82, 2.24) is 4.90 Å². The number of ether oxygens (including phenoxy) is 1. The first-order valence-corrected chi connectivity index (χ1v) is 6.09. The predicted molar refractivity (Wildman–Crippen MR) is 62.6 cm³/mol. The first-order chi connectivity index (χ1) is 8.00. The molecule has 0 aromatic carbocycles. The standard InChI is InChI=1S/C12H21NO4/c1-9(2)3-5-17-6-4-13-8-10(12(15)16)7-11(13)14/h9-10H,3-8H2,1-2H3,(H,15,16). The molecule has 0 spiro atoms. The number of likely N-dealkylation sites (tertiary alicyclic amines) is 1. The Morgan fingerprint density at radius 3 is 2.76 bits per heavy atom. The fourth-order valence-electron chi connectivity index (χ4n) is 1.75. The molecule has 98 valence electrons. The summed E-state index contributed by atoms with van der Waals surface area (Å²) < 4.78 is 5.41. The van der Waals surface area contributed by atoms with Crippen LogP contribution in [0.1, 0.15) is 26.7 Å². The molecule has 0 saturated carbocycles. The Morgan fingerprint density at radius 2 is 2.24 bits per heavy atom. The van der Waals surface area contributed by atoms with Gasteiger partial charge in [0, 0.05) is 26.1 Å². The van der Waals surface area contributed by atoms with Crippen LogP contribution in [0.25, 0.3) is 0 Å². The van der Waals surface area contributed by atoms with Gasteiger partial charge in [-0.05, 0) is 12.3 Å². The van der Waals surface area contributed by atoms with Crippen molar-refractivity contribution >= 4 is 11.9 Å². The minimum atomic E-state index is -0.887. The lowest BCUT2D eigenvalue weighted by molar-refractivity contribution is -0.141. The van der Waals surface area contributed by atoms with Gasteiger partial charge in [0.15, 0.2) is 0 Å². The first-order valence-electron chi connectivity index (χ1n) is 6.09. The second-order valence-electron chi connectivity index (χ2n) is 4.87. The van der Waals surface area contributed by atoms with Gasteiger partial charge in [0.1, 0.15) is 0 Å². The molecule has 0 aromatic heterocycles. The highest BCUT2D eigenvalue weighted by Crippen LogP contribution is 2.17. The molecule has 5 nitrogen and oxygen atoms in total. The fourth-order valence-corrected chi connectivity index (χ4v) is 1.75. The Labute approximate surface area is 102 Å². The van der Waals surface area contributed by atoms with Gasteiger partial charge in [-0.2, -0.15) is 0 Å². The summed E-state index contributed by atoms with van der Waals surface area (Å²) in [6, 6.07) is 0. The molecular formula is C12H21NO4. The number of carboxylic acid groups (broad SMARTS) is 1. The summed E-state index contributed by atoms with van der Waals surface area (Å²) in [4.78, 5) is 23.8. The zero-order valence-corrected chi connectivity index (χ0v) is 10.5. The van der Waals surface area contributed by atoms with Gasteiger partial charge in [-0.25, -0.2) is 0 Å². The van der Waals surface area contributed by atoms with Gasteiger partial charge in [-0.1, -0.05) is 13.8 Å². The Morgan fingerprint density at radius 1 is 1.53 bits per heavy atom. The van der Waals surface area contributed by atoms with E-state index in [1.54, 1.807) is 4.90 Å². The van der Waals surface area contributed by atoms with Gasteiger partial charge in [0.05, 0.1) is 12.5 Å². The molecule has 1 amide bonds. The lowest BCUT2D eigenvalue weighted by atomic mass is 10.1.